The Hall–Kier alpha value is -1.37. The first-order valence-corrected chi connectivity index (χ1v) is 6.36. The minimum atomic E-state index is 0.134. The van der Waals surface area contributed by atoms with E-state index in [-0.39, 0.29) is 5.92 Å². The van der Waals surface area contributed by atoms with E-state index in [1.807, 2.05) is 37.3 Å². The maximum Gasteiger partial charge on any atom is 0.166 e. The molecule has 0 N–H and O–H groups in total. The smallest absolute Gasteiger partial charge is 0.166 e. The quantitative estimate of drug-likeness (QED) is 0.562. The van der Waals surface area contributed by atoms with E-state index < -0.39 is 0 Å². The fourth-order valence-electron chi connectivity index (χ4n) is 2.99. The molecular formula is C16H20O. The van der Waals surface area contributed by atoms with Crippen molar-refractivity contribution >= 4 is 5.78 Å². The van der Waals surface area contributed by atoms with Crippen LogP contribution < -0.4 is 0 Å². The van der Waals surface area contributed by atoms with Crippen molar-refractivity contribution in [2.75, 3.05) is 0 Å². The zero-order valence-corrected chi connectivity index (χ0v) is 10.6. The molecule has 3 atom stereocenters. The van der Waals surface area contributed by atoms with Gasteiger partial charge in [-0.3, -0.25) is 4.79 Å². The average molecular weight is 228 g/mol. The number of Topliss-reactive ketones (excluding diaryl/α,β-unsaturated/α-hetero) is 1. The summed E-state index contributed by atoms with van der Waals surface area (Å²) >= 11 is 0. The molecule has 17 heavy (non-hydrogen) atoms. The molecule has 90 valence electrons. The van der Waals surface area contributed by atoms with Gasteiger partial charge < -0.3 is 0 Å². The Morgan fingerprint density at radius 3 is 2.47 bits per heavy atom. The summed E-state index contributed by atoms with van der Waals surface area (Å²) in [6.07, 6.45) is 2.25. The Kier molecular flexibility index (Phi) is 3.46. The van der Waals surface area contributed by atoms with Crippen LogP contribution in [-0.2, 0) is 0 Å². The number of benzene rings is 1. The van der Waals surface area contributed by atoms with E-state index in [1.54, 1.807) is 0 Å². The van der Waals surface area contributed by atoms with Gasteiger partial charge >= 0.3 is 0 Å². The van der Waals surface area contributed by atoms with Gasteiger partial charge in [0, 0.05) is 11.5 Å². The van der Waals surface area contributed by atoms with Gasteiger partial charge in [0.25, 0.3) is 0 Å². The first-order chi connectivity index (χ1) is 8.11. The van der Waals surface area contributed by atoms with Gasteiger partial charge in [0.05, 0.1) is 0 Å². The summed E-state index contributed by atoms with van der Waals surface area (Å²) < 4.78 is 0. The molecule has 0 saturated heterocycles. The molecule has 1 aromatic rings. The molecule has 1 aliphatic rings. The van der Waals surface area contributed by atoms with Gasteiger partial charge in [-0.15, -0.1) is 0 Å². The van der Waals surface area contributed by atoms with E-state index in [0.717, 1.165) is 24.0 Å². The molecule has 0 aromatic heterocycles. The molecular weight excluding hydrogens is 208 g/mol. The maximum absolute atomic E-state index is 12.5. The van der Waals surface area contributed by atoms with Crippen molar-refractivity contribution in [3.05, 3.63) is 48.0 Å². The fraction of sp³-hybridized carbons (Fsp3) is 0.438. The average Bonchev–Trinajstić information content (AvgIpc) is 2.71. The van der Waals surface area contributed by atoms with Gasteiger partial charge in [-0.25, -0.2) is 0 Å². The lowest BCUT2D eigenvalue weighted by Gasteiger charge is -2.22. The van der Waals surface area contributed by atoms with Crippen molar-refractivity contribution in [1.29, 1.82) is 0 Å². The van der Waals surface area contributed by atoms with E-state index >= 15 is 0 Å². The lowest BCUT2D eigenvalue weighted by molar-refractivity contribution is 0.0872. The van der Waals surface area contributed by atoms with Crippen LogP contribution in [0.15, 0.2) is 42.5 Å². The van der Waals surface area contributed by atoms with Crippen LogP contribution in [0.3, 0.4) is 0 Å². The lowest BCUT2D eigenvalue weighted by Crippen LogP contribution is -2.24. The number of rotatable bonds is 3. The zero-order valence-electron chi connectivity index (χ0n) is 10.6. The van der Waals surface area contributed by atoms with Crippen molar-refractivity contribution < 1.29 is 4.79 Å². The Labute approximate surface area is 104 Å². The van der Waals surface area contributed by atoms with E-state index in [0.29, 0.717) is 17.6 Å². The summed E-state index contributed by atoms with van der Waals surface area (Å²) in [5, 5.41) is 0. The number of hydrogen-bond acceptors (Lipinski definition) is 1. The third kappa shape index (κ3) is 2.33. The topological polar surface area (TPSA) is 17.1 Å². The van der Waals surface area contributed by atoms with Crippen LogP contribution in [0.25, 0.3) is 0 Å². The molecule has 1 nitrogen and oxygen atoms in total. The summed E-state index contributed by atoms with van der Waals surface area (Å²) in [5.74, 6) is 1.28. The zero-order chi connectivity index (χ0) is 12.4. The predicted octanol–water partition coefficient (Wildman–Crippen LogP) is 4.11. The fourth-order valence-corrected chi connectivity index (χ4v) is 2.99. The summed E-state index contributed by atoms with van der Waals surface area (Å²) in [4.78, 5) is 12.5. The number of ketones is 1. The molecule has 0 amide bonds. The molecule has 0 bridgehead atoms. The standard InChI is InChI=1S/C16H20O/c1-11(2)14-10-9-12(3)15(14)16(17)13-7-5-4-6-8-13/h4-8,12,14-15H,1,9-10H2,2-3H3/t12-,14+,15-/m0/s1. The van der Waals surface area contributed by atoms with E-state index in [1.165, 1.54) is 0 Å². The Balaban J connectivity index is 2.26. The molecule has 0 heterocycles. The highest BCUT2D eigenvalue weighted by Gasteiger charge is 2.38. The Morgan fingerprint density at radius 2 is 1.88 bits per heavy atom. The monoisotopic (exact) mass is 228 g/mol. The Morgan fingerprint density at radius 1 is 1.24 bits per heavy atom. The second-order valence-corrected chi connectivity index (χ2v) is 5.26. The van der Waals surface area contributed by atoms with Crippen LogP contribution in [0, 0.1) is 17.8 Å². The first-order valence-electron chi connectivity index (χ1n) is 6.36. The van der Waals surface area contributed by atoms with Crippen LogP contribution >= 0.6 is 0 Å². The van der Waals surface area contributed by atoms with Gasteiger partial charge in [0.1, 0.15) is 0 Å². The number of carbonyl (C=O) groups is 1. The molecule has 0 spiro atoms. The highest BCUT2D eigenvalue weighted by atomic mass is 16.1. The van der Waals surface area contributed by atoms with E-state index in [2.05, 4.69) is 13.5 Å². The largest absolute Gasteiger partial charge is 0.294 e. The van der Waals surface area contributed by atoms with Gasteiger partial charge in [0.15, 0.2) is 5.78 Å². The molecule has 1 fully saturated rings. The Bertz CT molecular complexity index is 418. The van der Waals surface area contributed by atoms with Gasteiger partial charge in [0.2, 0.25) is 0 Å². The minimum Gasteiger partial charge on any atom is -0.294 e. The highest BCUT2D eigenvalue weighted by molar-refractivity contribution is 5.98. The number of carbonyl (C=O) groups excluding carboxylic acids is 1. The van der Waals surface area contributed by atoms with Crippen LogP contribution in [0.1, 0.15) is 37.0 Å². The van der Waals surface area contributed by atoms with E-state index in [4.69, 9.17) is 0 Å². The molecule has 0 aliphatic heterocycles. The molecule has 1 saturated carbocycles. The van der Waals surface area contributed by atoms with E-state index in [9.17, 15) is 4.79 Å². The van der Waals surface area contributed by atoms with Crippen molar-refractivity contribution in [3.8, 4) is 0 Å². The third-order valence-corrected chi connectivity index (χ3v) is 3.97. The van der Waals surface area contributed by atoms with Crippen molar-refractivity contribution in [3.63, 3.8) is 0 Å². The molecule has 0 unspecified atom stereocenters. The van der Waals surface area contributed by atoms with Crippen LogP contribution in [-0.4, -0.2) is 5.78 Å². The van der Waals surface area contributed by atoms with Crippen molar-refractivity contribution in [2.24, 2.45) is 17.8 Å². The van der Waals surface area contributed by atoms with Gasteiger partial charge in [-0.2, -0.15) is 0 Å². The first kappa shape index (κ1) is 12.1. The molecule has 1 aromatic carbocycles. The minimum absolute atomic E-state index is 0.134. The second kappa shape index (κ2) is 4.87. The van der Waals surface area contributed by atoms with Crippen LogP contribution in [0.2, 0.25) is 0 Å². The summed E-state index contributed by atoms with van der Waals surface area (Å²) in [7, 11) is 0. The number of allylic oxidation sites excluding steroid dienone is 1. The molecule has 2 rings (SSSR count). The van der Waals surface area contributed by atoms with Crippen LogP contribution in [0.4, 0.5) is 0 Å². The molecule has 1 heteroatoms. The third-order valence-electron chi connectivity index (χ3n) is 3.97. The van der Waals surface area contributed by atoms with Crippen molar-refractivity contribution in [2.45, 2.75) is 26.7 Å². The number of hydrogen-bond donors (Lipinski definition) is 0. The van der Waals surface area contributed by atoms with Crippen molar-refractivity contribution in [1.82, 2.24) is 0 Å². The molecule has 0 radical (unpaired) electrons. The lowest BCUT2D eigenvalue weighted by atomic mass is 9.81. The molecule has 1 aliphatic carbocycles. The highest BCUT2D eigenvalue weighted by Crippen LogP contribution is 2.42. The SMILES string of the molecule is C=C(C)[C@H]1CC[C@H](C)[C@@H]1C(=O)c1ccccc1. The summed E-state index contributed by atoms with van der Waals surface area (Å²) in [6, 6.07) is 9.65. The summed E-state index contributed by atoms with van der Waals surface area (Å²) in [5.41, 5.74) is 2.00. The second-order valence-electron chi connectivity index (χ2n) is 5.26. The maximum atomic E-state index is 12.5. The normalized spacial score (nSPS) is 28.0. The van der Waals surface area contributed by atoms with Crippen LogP contribution in [0.5, 0.6) is 0 Å². The predicted molar refractivity (Wildman–Crippen MR) is 71.0 cm³/mol. The van der Waals surface area contributed by atoms with Gasteiger partial charge in [-0.05, 0) is 31.6 Å². The van der Waals surface area contributed by atoms with Gasteiger partial charge in [-0.1, -0.05) is 49.4 Å². The summed E-state index contributed by atoms with van der Waals surface area (Å²) in [6.45, 7) is 8.28.